The van der Waals surface area contributed by atoms with Gasteiger partial charge in [-0.25, -0.2) is 9.13 Å². The van der Waals surface area contributed by atoms with E-state index < -0.39 is 97.5 Å². The fourth-order valence-corrected chi connectivity index (χ4v) is 15.1. The van der Waals surface area contributed by atoms with Crippen LogP contribution in [0, 0.1) is 11.8 Å². The maximum Gasteiger partial charge on any atom is 0.472 e. The summed E-state index contributed by atoms with van der Waals surface area (Å²) in [6.45, 7) is 9.79. The molecule has 0 aromatic heterocycles. The molecule has 0 aliphatic rings. The first-order chi connectivity index (χ1) is 51.4. The number of carbonyl (C=O) groups excluding carboxylic acids is 4. The average molecular weight is 1550 g/mol. The first-order valence-electron chi connectivity index (χ1n) is 45.1. The van der Waals surface area contributed by atoms with Gasteiger partial charge in [-0.2, -0.15) is 0 Å². The molecule has 3 N–H and O–H groups in total. The molecule has 0 aromatic carbocycles. The van der Waals surface area contributed by atoms with E-state index in [0.717, 1.165) is 102 Å². The summed E-state index contributed by atoms with van der Waals surface area (Å²) >= 11 is 0. The minimum Gasteiger partial charge on any atom is -0.462 e. The minimum absolute atomic E-state index is 0.108. The van der Waals surface area contributed by atoms with Crippen molar-refractivity contribution < 1.29 is 80.2 Å². The SMILES string of the molecule is CCCCCCCCCCCCCCCCCCCCC(=O)O[C@H](COC(=O)CCCCCCCCCCCCCC)COP(=O)(O)OC[C@H](O)COP(=O)(O)OC[C@@H](COC(=O)CCCCCCCCCCCCCCCCC(C)CC)OC(=O)CCCCCCCCCCCCCCCCC(C)CC. The lowest BCUT2D eigenvalue weighted by Gasteiger charge is -2.21. The van der Waals surface area contributed by atoms with Crippen molar-refractivity contribution in [1.82, 2.24) is 0 Å². The third kappa shape index (κ3) is 77.4. The van der Waals surface area contributed by atoms with Crippen LogP contribution in [0.15, 0.2) is 0 Å². The number of aliphatic hydroxyl groups is 1. The van der Waals surface area contributed by atoms with Crippen LogP contribution in [0.5, 0.6) is 0 Å². The Morgan fingerprint density at radius 3 is 0.670 bits per heavy atom. The molecule has 0 aliphatic carbocycles. The van der Waals surface area contributed by atoms with E-state index in [1.807, 2.05) is 0 Å². The number of carbonyl (C=O) groups is 4. The smallest absolute Gasteiger partial charge is 0.462 e. The normalized spacial score (nSPS) is 14.3. The fourth-order valence-electron chi connectivity index (χ4n) is 13.5. The molecule has 17 nitrogen and oxygen atoms in total. The van der Waals surface area contributed by atoms with Crippen LogP contribution in [0.3, 0.4) is 0 Å². The number of hydrogen-bond acceptors (Lipinski definition) is 15. The molecule has 0 saturated carbocycles. The Bertz CT molecular complexity index is 2030. The van der Waals surface area contributed by atoms with Crippen LogP contribution in [0.2, 0.25) is 0 Å². The Morgan fingerprint density at radius 1 is 0.264 bits per heavy atom. The van der Waals surface area contributed by atoms with E-state index in [2.05, 4.69) is 41.5 Å². The first kappa shape index (κ1) is 104. The molecule has 0 fully saturated rings. The van der Waals surface area contributed by atoms with Crippen molar-refractivity contribution in [3.05, 3.63) is 0 Å². The molecular weight excluding hydrogens is 1380 g/mol. The molecule has 4 unspecified atom stereocenters. The number of phosphoric acid groups is 2. The van der Waals surface area contributed by atoms with Crippen molar-refractivity contribution in [2.24, 2.45) is 11.8 Å². The second-order valence-electron chi connectivity index (χ2n) is 31.8. The molecular formula is C87H170O17P2. The highest BCUT2D eigenvalue weighted by Crippen LogP contribution is 2.45. The van der Waals surface area contributed by atoms with Crippen LogP contribution in [-0.4, -0.2) is 96.7 Å². The molecule has 0 aliphatic heterocycles. The standard InChI is InChI=1S/C87H170O17P2/c1-7-11-13-15-17-19-21-23-24-25-26-27-35-41-47-53-59-65-71-86(91)103-82(75-97-84(89)69-63-57-51-45-39-22-20-18-16-14-12-8-2)77-101-105(93,94)99-73-81(88)74-100-106(95,96)102-78-83(104-87(92)72-66-60-54-48-42-36-31-29-33-38-44-50-56-62-68-80(6)10-4)76-98-85(90)70-64-58-52-46-40-34-30-28-32-37-43-49-55-61-67-79(5)9-3/h79-83,88H,7-78H2,1-6H3,(H,93,94)(H,95,96)/t79?,80?,81-,82+,83+/m0/s1. The zero-order valence-corrected chi connectivity index (χ0v) is 71.5. The highest BCUT2D eigenvalue weighted by Gasteiger charge is 2.30. The number of ether oxygens (including phenoxy) is 4. The van der Waals surface area contributed by atoms with Crippen LogP contribution in [0.4, 0.5) is 0 Å². The predicted octanol–water partition coefficient (Wildman–Crippen LogP) is 26.6. The van der Waals surface area contributed by atoms with Crippen LogP contribution >= 0.6 is 15.6 Å². The molecule has 0 heterocycles. The molecule has 0 spiro atoms. The number of rotatable bonds is 86. The van der Waals surface area contributed by atoms with Gasteiger partial charge in [-0.05, 0) is 37.5 Å². The van der Waals surface area contributed by atoms with Crippen molar-refractivity contribution in [3.8, 4) is 0 Å². The van der Waals surface area contributed by atoms with Gasteiger partial charge < -0.3 is 33.8 Å². The van der Waals surface area contributed by atoms with E-state index in [4.69, 9.17) is 37.0 Å². The zero-order chi connectivity index (χ0) is 77.8. The third-order valence-corrected chi connectivity index (χ3v) is 23.1. The van der Waals surface area contributed by atoms with Crippen molar-refractivity contribution in [1.29, 1.82) is 0 Å². The van der Waals surface area contributed by atoms with E-state index >= 15 is 0 Å². The van der Waals surface area contributed by atoms with Crippen molar-refractivity contribution in [2.45, 2.75) is 484 Å². The largest absolute Gasteiger partial charge is 0.472 e. The van der Waals surface area contributed by atoms with Gasteiger partial charge in [-0.15, -0.1) is 0 Å². The molecule has 630 valence electrons. The number of aliphatic hydroxyl groups excluding tert-OH is 1. The molecule has 7 atom stereocenters. The molecule has 0 saturated heterocycles. The lowest BCUT2D eigenvalue weighted by atomic mass is 9.99. The van der Waals surface area contributed by atoms with E-state index in [1.165, 1.54) is 283 Å². The van der Waals surface area contributed by atoms with Crippen molar-refractivity contribution in [2.75, 3.05) is 39.6 Å². The van der Waals surface area contributed by atoms with E-state index in [9.17, 15) is 43.2 Å². The first-order valence-corrected chi connectivity index (χ1v) is 48.1. The Hall–Kier alpha value is -1.94. The van der Waals surface area contributed by atoms with Crippen LogP contribution in [0.1, 0.15) is 465 Å². The van der Waals surface area contributed by atoms with Crippen LogP contribution in [-0.2, 0) is 65.4 Å². The number of hydrogen-bond donors (Lipinski definition) is 3. The zero-order valence-electron chi connectivity index (χ0n) is 69.7. The van der Waals surface area contributed by atoms with Gasteiger partial charge in [0.1, 0.15) is 19.3 Å². The number of esters is 4. The summed E-state index contributed by atoms with van der Waals surface area (Å²) in [6, 6.07) is 0. The molecule has 19 heteroatoms. The Balaban J connectivity index is 5.26. The summed E-state index contributed by atoms with van der Waals surface area (Å²) in [7, 11) is -9.93. The molecule has 0 amide bonds. The molecule has 0 rings (SSSR count). The quantitative estimate of drug-likeness (QED) is 0.0222. The summed E-state index contributed by atoms with van der Waals surface area (Å²) in [5.74, 6) is -0.402. The summed E-state index contributed by atoms with van der Waals surface area (Å²) in [5.41, 5.74) is 0. The second-order valence-corrected chi connectivity index (χ2v) is 34.7. The van der Waals surface area contributed by atoms with Gasteiger partial charge in [0.25, 0.3) is 0 Å². The topological polar surface area (TPSA) is 237 Å². The third-order valence-electron chi connectivity index (χ3n) is 21.2. The highest BCUT2D eigenvalue weighted by atomic mass is 31.2. The van der Waals surface area contributed by atoms with Gasteiger partial charge in [-0.3, -0.25) is 37.3 Å². The van der Waals surface area contributed by atoms with Crippen LogP contribution < -0.4 is 0 Å². The predicted molar refractivity (Wildman–Crippen MR) is 437 cm³/mol. The molecule has 106 heavy (non-hydrogen) atoms. The summed E-state index contributed by atoms with van der Waals surface area (Å²) in [5, 5.41) is 10.7. The Morgan fingerprint density at radius 2 is 0.453 bits per heavy atom. The lowest BCUT2D eigenvalue weighted by Crippen LogP contribution is -2.30. The summed E-state index contributed by atoms with van der Waals surface area (Å²) in [4.78, 5) is 73.3. The Kier molecular flexibility index (Phi) is 76.9. The lowest BCUT2D eigenvalue weighted by molar-refractivity contribution is -0.161. The maximum atomic E-state index is 13.2. The van der Waals surface area contributed by atoms with Gasteiger partial charge in [-0.1, -0.05) is 414 Å². The van der Waals surface area contributed by atoms with Crippen LogP contribution in [0.25, 0.3) is 0 Å². The van der Waals surface area contributed by atoms with E-state index in [1.54, 1.807) is 0 Å². The summed E-state index contributed by atoms with van der Waals surface area (Å²) < 4.78 is 69.0. The fraction of sp³-hybridized carbons (Fsp3) is 0.954. The monoisotopic (exact) mass is 1550 g/mol. The number of unbranched alkanes of at least 4 members (excludes halogenated alkanes) is 54. The van der Waals surface area contributed by atoms with Gasteiger partial charge in [0.15, 0.2) is 12.2 Å². The molecule has 0 bridgehead atoms. The van der Waals surface area contributed by atoms with Crippen molar-refractivity contribution >= 4 is 39.5 Å². The van der Waals surface area contributed by atoms with E-state index in [0.29, 0.717) is 25.7 Å². The van der Waals surface area contributed by atoms with Gasteiger partial charge >= 0.3 is 39.5 Å². The van der Waals surface area contributed by atoms with Crippen molar-refractivity contribution in [3.63, 3.8) is 0 Å². The molecule has 0 radical (unpaired) electrons. The Labute approximate surface area is 651 Å². The summed E-state index contributed by atoms with van der Waals surface area (Å²) in [6.07, 6.45) is 70.5. The van der Waals surface area contributed by atoms with Gasteiger partial charge in [0.05, 0.1) is 26.4 Å². The van der Waals surface area contributed by atoms with Gasteiger partial charge in [0, 0.05) is 25.7 Å². The second kappa shape index (κ2) is 78.3. The molecule has 0 aromatic rings. The maximum absolute atomic E-state index is 13.2. The minimum atomic E-state index is -4.97. The highest BCUT2D eigenvalue weighted by molar-refractivity contribution is 7.47. The average Bonchev–Trinajstić information content (AvgIpc) is 0.970. The van der Waals surface area contributed by atoms with Gasteiger partial charge in [0.2, 0.25) is 0 Å². The van der Waals surface area contributed by atoms with E-state index in [-0.39, 0.29) is 25.7 Å². The number of phosphoric ester groups is 2.